The first-order valence-electron chi connectivity index (χ1n) is 5.58. The number of nitrogens with zero attached hydrogens (tertiary/aromatic N) is 1. The summed E-state index contributed by atoms with van der Waals surface area (Å²) in [6.07, 6.45) is 1.87. The molecule has 1 fully saturated rings. The van der Waals surface area contributed by atoms with Crippen molar-refractivity contribution < 1.29 is 9.53 Å². The monoisotopic (exact) mass is 277 g/mol. The van der Waals surface area contributed by atoms with Gasteiger partial charge in [-0.1, -0.05) is 29.8 Å². The summed E-state index contributed by atoms with van der Waals surface area (Å²) in [5.74, 6) is 0.401. The fourth-order valence-corrected chi connectivity index (χ4v) is 2.45. The minimum atomic E-state index is -0.157. The first kappa shape index (κ1) is 12.8. The van der Waals surface area contributed by atoms with Gasteiger partial charge in [0.05, 0.1) is 6.61 Å². The van der Waals surface area contributed by atoms with E-state index >= 15 is 0 Å². The van der Waals surface area contributed by atoms with Gasteiger partial charge < -0.3 is 9.64 Å². The topological polar surface area (TPSA) is 29.5 Å². The lowest BCUT2D eigenvalue weighted by Gasteiger charge is -2.35. The summed E-state index contributed by atoms with van der Waals surface area (Å²) in [5, 5.41) is 0. The van der Waals surface area contributed by atoms with Gasteiger partial charge in [-0.2, -0.15) is 0 Å². The van der Waals surface area contributed by atoms with E-state index in [0.717, 1.165) is 19.4 Å². The Hall–Kier alpha value is -0.250. The number of amides is 1. The summed E-state index contributed by atoms with van der Waals surface area (Å²) in [4.78, 5) is 14.1. The van der Waals surface area contributed by atoms with Crippen LogP contribution in [0.2, 0.25) is 0 Å². The Labute approximate surface area is 100 Å². The molecule has 1 aliphatic rings. The number of alkyl halides is 1. The third kappa shape index (κ3) is 4.01. The molecular weight excluding hydrogens is 258 g/mol. The van der Waals surface area contributed by atoms with Gasteiger partial charge in [-0.05, 0) is 25.7 Å². The Morgan fingerprint density at radius 2 is 2.27 bits per heavy atom. The van der Waals surface area contributed by atoms with E-state index in [-0.39, 0.29) is 12.1 Å². The number of hydrogen-bond donors (Lipinski definition) is 0. The van der Waals surface area contributed by atoms with E-state index in [4.69, 9.17) is 4.74 Å². The molecule has 0 bridgehead atoms. The number of halogens is 1. The highest BCUT2D eigenvalue weighted by Gasteiger charge is 2.28. The largest absolute Gasteiger partial charge is 0.449 e. The SMILES string of the molecule is CC(C)COC(=O)N1CCC(Br)CC1C. The van der Waals surface area contributed by atoms with Crippen LogP contribution in [0.3, 0.4) is 0 Å². The second kappa shape index (κ2) is 5.73. The molecule has 3 nitrogen and oxygen atoms in total. The lowest BCUT2D eigenvalue weighted by Crippen LogP contribution is -2.45. The standard InChI is InChI=1S/C11H20BrNO2/c1-8(2)7-15-11(14)13-5-4-10(12)6-9(13)3/h8-10H,4-7H2,1-3H3. The molecule has 0 N–H and O–H groups in total. The highest BCUT2D eigenvalue weighted by Crippen LogP contribution is 2.23. The van der Waals surface area contributed by atoms with E-state index in [9.17, 15) is 4.79 Å². The van der Waals surface area contributed by atoms with Crippen molar-refractivity contribution >= 4 is 22.0 Å². The van der Waals surface area contributed by atoms with Crippen molar-refractivity contribution in [3.63, 3.8) is 0 Å². The van der Waals surface area contributed by atoms with Crippen molar-refractivity contribution in [2.45, 2.75) is 44.5 Å². The average Bonchev–Trinajstić information content (AvgIpc) is 2.14. The molecule has 0 radical (unpaired) electrons. The van der Waals surface area contributed by atoms with Crippen molar-refractivity contribution in [1.82, 2.24) is 4.90 Å². The zero-order chi connectivity index (χ0) is 11.4. The maximum Gasteiger partial charge on any atom is 0.410 e. The second-order valence-electron chi connectivity index (χ2n) is 4.63. The quantitative estimate of drug-likeness (QED) is 0.727. The fraction of sp³-hybridized carbons (Fsp3) is 0.909. The molecule has 1 aliphatic heterocycles. The average molecular weight is 278 g/mol. The molecule has 1 amide bonds. The van der Waals surface area contributed by atoms with Gasteiger partial charge >= 0.3 is 6.09 Å². The molecule has 1 rings (SSSR count). The van der Waals surface area contributed by atoms with Gasteiger partial charge in [0.15, 0.2) is 0 Å². The number of ether oxygens (including phenoxy) is 1. The summed E-state index contributed by atoms with van der Waals surface area (Å²) < 4.78 is 5.22. The second-order valence-corrected chi connectivity index (χ2v) is 5.93. The molecule has 0 aromatic rings. The first-order chi connectivity index (χ1) is 7.00. The Morgan fingerprint density at radius 3 is 2.80 bits per heavy atom. The van der Waals surface area contributed by atoms with E-state index < -0.39 is 0 Å². The minimum Gasteiger partial charge on any atom is -0.449 e. The van der Waals surface area contributed by atoms with E-state index in [1.165, 1.54) is 0 Å². The lowest BCUT2D eigenvalue weighted by atomic mass is 10.0. The van der Waals surface area contributed by atoms with Gasteiger partial charge in [-0.25, -0.2) is 4.79 Å². The minimum absolute atomic E-state index is 0.157. The molecule has 1 saturated heterocycles. The van der Waals surface area contributed by atoms with Crippen molar-refractivity contribution in [3.05, 3.63) is 0 Å². The van der Waals surface area contributed by atoms with Gasteiger partial charge in [-0.15, -0.1) is 0 Å². The Bertz CT molecular complexity index is 221. The highest BCUT2D eigenvalue weighted by molar-refractivity contribution is 9.09. The number of carbonyl (C=O) groups is 1. The Balaban J connectivity index is 2.38. The van der Waals surface area contributed by atoms with Gasteiger partial charge in [-0.3, -0.25) is 0 Å². The normalized spacial score (nSPS) is 26.9. The zero-order valence-corrected chi connectivity index (χ0v) is 11.3. The lowest BCUT2D eigenvalue weighted by molar-refractivity contribution is 0.0705. The summed E-state index contributed by atoms with van der Waals surface area (Å²) in [7, 11) is 0. The van der Waals surface area contributed by atoms with Crippen LogP contribution in [0, 0.1) is 5.92 Å². The smallest absolute Gasteiger partial charge is 0.410 e. The molecule has 88 valence electrons. The molecule has 1 heterocycles. The highest BCUT2D eigenvalue weighted by atomic mass is 79.9. The van der Waals surface area contributed by atoms with Gasteiger partial charge in [0.1, 0.15) is 0 Å². The number of rotatable bonds is 2. The number of likely N-dealkylation sites (tertiary alicyclic amines) is 1. The summed E-state index contributed by atoms with van der Waals surface area (Å²) in [6.45, 7) is 7.47. The van der Waals surface area contributed by atoms with Crippen LogP contribution < -0.4 is 0 Å². The molecular formula is C11H20BrNO2. The van der Waals surface area contributed by atoms with E-state index in [2.05, 4.69) is 22.9 Å². The predicted molar refractivity (Wildman–Crippen MR) is 64.3 cm³/mol. The third-order valence-electron chi connectivity index (χ3n) is 2.59. The molecule has 4 heteroatoms. The first-order valence-corrected chi connectivity index (χ1v) is 6.49. The maximum absolute atomic E-state index is 11.7. The molecule has 0 aliphatic carbocycles. The number of piperidine rings is 1. The zero-order valence-electron chi connectivity index (χ0n) is 9.70. The molecule has 0 spiro atoms. The molecule has 2 atom stereocenters. The fourth-order valence-electron chi connectivity index (χ4n) is 1.71. The molecule has 0 aromatic carbocycles. The Morgan fingerprint density at radius 1 is 1.60 bits per heavy atom. The molecule has 0 saturated carbocycles. The van der Waals surface area contributed by atoms with E-state index in [1.54, 1.807) is 0 Å². The van der Waals surface area contributed by atoms with Crippen LogP contribution in [-0.4, -0.2) is 35.0 Å². The van der Waals surface area contributed by atoms with Crippen LogP contribution in [0.1, 0.15) is 33.6 Å². The van der Waals surface area contributed by atoms with Crippen LogP contribution in [0.15, 0.2) is 0 Å². The van der Waals surface area contributed by atoms with Gasteiger partial charge in [0.2, 0.25) is 0 Å². The van der Waals surface area contributed by atoms with Crippen molar-refractivity contribution in [2.24, 2.45) is 5.92 Å². The van der Waals surface area contributed by atoms with Crippen LogP contribution in [0.5, 0.6) is 0 Å². The van der Waals surface area contributed by atoms with Crippen LogP contribution in [0.25, 0.3) is 0 Å². The number of hydrogen-bond acceptors (Lipinski definition) is 2. The van der Waals surface area contributed by atoms with Crippen LogP contribution in [-0.2, 0) is 4.74 Å². The summed E-state index contributed by atoms with van der Waals surface area (Å²) >= 11 is 3.59. The molecule has 2 unspecified atom stereocenters. The third-order valence-corrected chi connectivity index (χ3v) is 3.42. The summed E-state index contributed by atoms with van der Waals surface area (Å²) in [5.41, 5.74) is 0. The van der Waals surface area contributed by atoms with Crippen molar-refractivity contribution in [2.75, 3.05) is 13.2 Å². The van der Waals surface area contributed by atoms with Crippen LogP contribution in [0.4, 0.5) is 4.79 Å². The van der Waals surface area contributed by atoms with Crippen molar-refractivity contribution in [1.29, 1.82) is 0 Å². The predicted octanol–water partition coefficient (Wildman–Crippen LogP) is 3.03. The molecule has 0 aromatic heterocycles. The molecule has 15 heavy (non-hydrogen) atoms. The van der Waals surface area contributed by atoms with Crippen molar-refractivity contribution in [3.8, 4) is 0 Å². The Kier molecular flexibility index (Phi) is 4.90. The van der Waals surface area contributed by atoms with Gasteiger partial charge in [0, 0.05) is 17.4 Å². The summed E-state index contributed by atoms with van der Waals surface area (Å²) in [6, 6.07) is 0.280. The van der Waals surface area contributed by atoms with Gasteiger partial charge in [0.25, 0.3) is 0 Å². The number of carbonyl (C=O) groups excluding carboxylic acids is 1. The maximum atomic E-state index is 11.7. The van der Waals surface area contributed by atoms with Crippen LogP contribution >= 0.6 is 15.9 Å². The van der Waals surface area contributed by atoms with E-state index in [1.807, 2.05) is 18.7 Å². The van der Waals surface area contributed by atoms with E-state index in [0.29, 0.717) is 17.4 Å².